The number of hydroxylamine groups is 1. The molecular weight excluding hydrogens is 344 g/mol. The highest BCUT2D eigenvalue weighted by Gasteiger charge is 2.39. The number of hydrogen-bond donors (Lipinski definition) is 2. The summed E-state index contributed by atoms with van der Waals surface area (Å²) in [6.45, 7) is 0.0582. The van der Waals surface area contributed by atoms with Crippen molar-refractivity contribution >= 4 is 15.9 Å². The topological polar surface area (TPSA) is 95.9 Å². The smallest absolute Gasteiger partial charge is 0.262 e. The van der Waals surface area contributed by atoms with Crippen molar-refractivity contribution in [2.45, 2.75) is 23.9 Å². The second kappa shape index (κ2) is 6.83. The molecule has 0 aliphatic carbocycles. The average Bonchev–Trinajstić information content (AvgIpc) is 2.66. The van der Waals surface area contributed by atoms with E-state index in [1.165, 1.54) is 19.2 Å². The van der Waals surface area contributed by atoms with E-state index in [1.807, 2.05) is 24.3 Å². The molecule has 0 fully saturated rings. The lowest BCUT2D eigenvalue weighted by Gasteiger charge is -2.34. The van der Waals surface area contributed by atoms with Crippen molar-refractivity contribution in [3.63, 3.8) is 0 Å². The van der Waals surface area contributed by atoms with E-state index in [0.717, 1.165) is 15.4 Å². The van der Waals surface area contributed by atoms with Crippen molar-refractivity contribution in [3.05, 3.63) is 59.7 Å². The van der Waals surface area contributed by atoms with E-state index in [1.54, 1.807) is 17.6 Å². The molecule has 1 aliphatic rings. The van der Waals surface area contributed by atoms with Gasteiger partial charge >= 0.3 is 0 Å². The lowest BCUT2D eigenvalue weighted by molar-refractivity contribution is -0.133. The lowest BCUT2D eigenvalue weighted by Crippen LogP contribution is -2.51. The molecule has 0 aromatic heterocycles. The maximum atomic E-state index is 13.1. The molecule has 2 aromatic rings. The molecule has 0 bridgehead atoms. The van der Waals surface area contributed by atoms with Crippen LogP contribution >= 0.6 is 0 Å². The third-order valence-corrected chi connectivity index (χ3v) is 6.15. The molecule has 8 heteroatoms. The number of nitrogens with zero attached hydrogens (tertiary/aromatic N) is 1. The van der Waals surface area contributed by atoms with Gasteiger partial charge in [-0.05, 0) is 41.8 Å². The van der Waals surface area contributed by atoms with Gasteiger partial charge in [-0.25, -0.2) is 13.9 Å². The highest BCUT2D eigenvalue weighted by molar-refractivity contribution is 7.89. The van der Waals surface area contributed by atoms with Gasteiger partial charge in [0.2, 0.25) is 10.0 Å². The van der Waals surface area contributed by atoms with Crippen LogP contribution in [-0.4, -0.2) is 37.0 Å². The van der Waals surface area contributed by atoms with E-state index in [2.05, 4.69) is 0 Å². The number of carbonyl (C=O) groups excluding carboxylic acids is 1. The van der Waals surface area contributed by atoms with Gasteiger partial charge in [0.1, 0.15) is 11.8 Å². The number of ether oxygens (including phenoxy) is 1. The first-order chi connectivity index (χ1) is 12.0. The van der Waals surface area contributed by atoms with Crippen LogP contribution in [0.4, 0.5) is 0 Å². The summed E-state index contributed by atoms with van der Waals surface area (Å²) < 4.78 is 32.3. The van der Waals surface area contributed by atoms with Crippen LogP contribution in [-0.2, 0) is 27.8 Å². The minimum Gasteiger partial charge on any atom is -0.497 e. The zero-order valence-electron chi connectivity index (χ0n) is 13.5. The van der Waals surface area contributed by atoms with Crippen LogP contribution < -0.4 is 10.2 Å². The SMILES string of the molecule is COc1ccc(S(=O)(=O)N2Cc3ccccc3C[C@@H]2C(=O)NO)cc1. The van der Waals surface area contributed by atoms with Crippen LogP contribution in [0.2, 0.25) is 0 Å². The maximum Gasteiger partial charge on any atom is 0.262 e. The quantitative estimate of drug-likeness (QED) is 0.632. The van der Waals surface area contributed by atoms with E-state index >= 15 is 0 Å². The maximum absolute atomic E-state index is 13.1. The van der Waals surface area contributed by atoms with Crippen LogP contribution in [0.25, 0.3) is 0 Å². The number of carbonyl (C=O) groups is 1. The van der Waals surface area contributed by atoms with Crippen LogP contribution in [0.5, 0.6) is 5.75 Å². The molecule has 1 heterocycles. The number of nitrogens with one attached hydrogen (secondary N) is 1. The molecule has 0 unspecified atom stereocenters. The minimum absolute atomic E-state index is 0.0582. The van der Waals surface area contributed by atoms with E-state index < -0.39 is 22.0 Å². The molecular formula is C17H18N2O5S. The molecule has 0 spiro atoms. The molecule has 132 valence electrons. The molecule has 1 aliphatic heterocycles. The minimum atomic E-state index is -3.93. The van der Waals surface area contributed by atoms with Crippen molar-refractivity contribution in [1.82, 2.24) is 9.79 Å². The largest absolute Gasteiger partial charge is 0.497 e. The van der Waals surface area contributed by atoms with Gasteiger partial charge in [-0.3, -0.25) is 10.0 Å². The Morgan fingerprint density at radius 3 is 2.40 bits per heavy atom. The summed E-state index contributed by atoms with van der Waals surface area (Å²) in [5.41, 5.74) is 3.29. The highest BCUT2D eigenvalue weighted by Crippen LogP contribution is 2.29. The number of amides is 1. The van der Waals surface area contributed by atoms with Crippen LogP contribution in [0.3, 0.4) is 0 Å². The van der Waals surface area contributed by atoms with Gasteiger partial charge in [0, 0.05) is 6.54 Å². The molecule has 7 nitrogen and oxygen atoms in total. The van der Waals surface area contributed by atoms with Gasteiger partial charge in [-0.1, -0.05) is 24.3 Å². The van der Waals surface area contributed by atoms with Gasteiger partial charge in [0.25, 0.3) is 5.91 Å². The zero-order chi connectivity index (χ0) is 18.0. The Kier molecular flexibility index (Phi) is 4.76. The molecule has 0 saturated carbocycles. The summed E-state index contributed by atoms with van der Waals surface area (Å²) in [5.74, 6) is -0.223. The Morgan fingerprint density at radius 1 is 1.16 bits per heavy atom. The normalized spacial score (nSPS) is 17.6. The van der Waals surface area contributed by atoms with Crippen molar-refractivity contribution in [3.8, 4) is 5.75 Å². The van der Waals surface area contributed by atoms with Crippen molar-refractivity contribution in [1.29, 1.82) is 0 Å². The number of fused-ring (bicyclic) bond motifs is 1. The molecule has 0 saturated heterocycles. The van der Waals surface area contributed by atoms with Crippen molar-refractivity contribution < 1.29 is 23.2 Å². The van der Waals surface area contributed by atoms with E-state index in [9.17, 15) is 13.2 Å². The number of methoxy groups -OCH3 is 1. The second-order valence-electron chi connectivity index (χ2n) is 5.69. The summed E-state index contributed by atoms with van der Waals surface area (Å²) >= 11 is 0. The number of hydrogen-bond acceptors (Lipinski definition) is 5. The fourth-order valence-corrected chi connectivity index (χ4v) is 4.50. The summed E-state index contributed by atoms with van der Waals surface area (Å²) in [6, 6.07) is 12.3. The first-order valence-corrected chi connectivity index (χ1v) is 9.08. The summed E-state index contributed by atoms with van der Waals surface area (Å²) in [6.07, 6.45) is 0.192. The Balaban J connectivity index is 2.03. The van der Waals surface area contributed by atoms with Crippen LogP contribution in [0.15, 0.2) is 53.4 Å². The average molecular weight is 362 g/mol. The number of benzene rings is 2. The molecule has 3 rings (SSSR count). The number of sulfonamides is 1. The third kappa shape index (κ3) is 3.23. The highest BCUT2D eigenvalue weighted by atomic mass is 32.2. The fraction of sp³-hybridized carbons (Fsp3) is 0.235. The van der Waals surface area contributed by atoms with Crippen LogP contribution in [0.1, 0.15) is 11.1 Å². The molecule has 2 N–H and O–H groups in total. The number of rotatable bonds is 4. The van der Waals surface area contributed by atoms with Gasteiger partial charge < -0.3 is 4.74 Å². The lowest BCUT2D eigenvalue weighted by atomic mass is 9.95. The monoisotopic (exact) mass is 362 g/mol. The summed E-state index contributed by atoms with van der Waals surface area (Å²) in [5, 5.41) is 9.02. The van der Waals surface area contributed by atoms with Crippen molar-refractivity contribution in [2.75, 3.05) is 7.11 Å². The first kappa shape index (κ1) is 17.4. The molecule has 1 amide bonds. The van der Waals surface area contributed by atoms with Gasteiger partial charge in [0.05, 0.1) is 12.0 Å². The summed E-state index contributed by atoms with van der Waals surface area (Å²) in [7, 11) is -2.44. The van der Waals surface area contributed by atoms with Gasteiger partial charge in [0.15, 0.2) is 0 Å². The fourth-order valence-electron chi connectivity index (χ4n) is 2.93. The molecule has 1 atom stereocenters. The van der Waals surface area contributed by atoms with Crippen molar-refractivity contribution in [2.24, 2.45) is 0 Å². The zero-order valence-corrected chi connectivity index (χ0v) is 14.4. The van der Waals surface area contributed by atoms with Crippen LogP contribution in [0, 0.1) is 0 Å². The third-order valence-electron chi connectivity index (χ3n) is 4.28. The first-order valence-electron chi connectivity index (χ1n) is 7.64. The Hall–Kier alpha value is -2.42. The Morgan fingerprint density at radius 2 is 1.80 bits per heavy atom. The predicted molar refractivity (Wildman–Crippen MR) is 89.6 cm³/mol. The van der Waals surface area contributed by atoms with Gasteiger partial charge in [-0.15, -0.1) is 0 Å². The molecule has 25 heavy (non-hydrogen) atoms. The second-order valence-corrected chi connectivity index (χ2v) is 7.58. The van der Waals surface area contributed by atoms with Gasteiger partial charge in [-0.2, -0.15) is 4.31 Å². The standard InChI is InChI=1S/C17H18N2O5S/c1-24-14-6-8-15(9-7-14)25(22,23)19-11-13-5-3-2-4-12(13)10-16(19)17(20)18-21/h2-9,16,21H,10-11H2,1H3,(H,18,20)/t16-/m1/s1. The Labute approximate surface area is 145 Å². The predicted octanol–water partition coefficient (Wildman–Crippen LogP) is 1.32. The Bertz CT molecular complexity index is 880. The molecule has 2 aromatic carbocycles. The van der Waals surface area contributed by atoms with E-state index in [-0.39, 0.29) is 17.9 Å². The summed E-state index contributed by atoms with van der Waals surface area (Å²) in [4.78, 5) is 12.1. The molecule has 0 radical (unpaired) electrons. The van der Waals surface area contributed by atoms with E-state index in [0.29, 0.717) is 5.75 Å². The van der Waals surface area contributed by atoms with E-state index in [4.69, 9.17) is 9.94 Å².